The summed E-state index contributed by atoms with van der Waals surface area (Å²) in [5.41, 5.74) is 1.45. The normalized spacial score (nSPS) is 15.6. The SMILES string of the molecule is CC(Br)CCC(Br)Cc1ccsc1. The fourth-order valence-corrected chi connectivity index (χ4v) is 2.76. The van der Waals surface area contributed by atoms with Crippen molar-refractivity contribution in [1.82, 2.24) is 0 Å². The second-order valence-electron chi connectivity index (χ2n) is 3.29. The van der Waals surface area contributed by atoms with E-state index >= 15 is 0 Å². The summed E-state index contributed by atoms with van der Waals surface area (Å²) in [4.78, 5) is 1.26. The van der Waals surface area contributed by atoms with Gasteiger partial charge in [-0.2, -0.15) is 11.3 Å². The van der Waals surface area contributed by atoms with Crippen molar-refractivity contribution in [2.45, 2.75) is 35.8 Å². The maximum absolute atomic E-state index is 3.71. The lowest BCUT2D eigenvalue weighted by atomic mass is 10.1. The van der Waals surface area contributed by atoms with E-state index < -0.39 is 0 Å². The van der Waals surface area contributed by atoms with E-state index in [1.807, 2.05) is 0 Å². The van der Waals surface area contributed by atoms with Gasteiger partial charge in [0.1, 0.15) is 0 Å². The second kappa shape index (κ2) is 6.20. The quantitative estimate of drug-likeness (QED) is 0.693. The van der Waals surface area contributed by atoms with E-state index in [0.717, 1.165) is 6.42 Å². The predicted molar refractivity (Wildman–Crippen MR) is 68.4 cm³/mol. The van der Waals surface area contributed by atoms with Gasteiger partial charge in [-0.1, -0.05) is 38.8 Å². The van der Waals surface area contributed by atoms with E-state index in [2.05, 4.69) is 55.6 Å². The molecule has 0 spiro atoms. The monoisotopic (exact) mass is 324 g/mol. The summed E-state index contributed by atoms with van der Waals surface area (Å²) in [5.74, 6) is 0. The molecule has 1 rings (SSSR count). The summed E-state index contributed by atoms with van der Waals surface area (Å²) < 4.78 is 0. The summed E-state index contributed by atoms with van der Waals surface area (Å²) in [6.07, 6.45) is 3.63. The van der Waals surface area contributed by atoms with Crippen molar-refractivity contribution in [1.29, 1.82) is 0 Å². The first-order valence-electron chi connectivity index (χ1n) is 4.47. The average Bonchev–Trinajstić information content (AvgIpc) is 2.53. The summed E-state index contributed by atoms with van der Waals surface area (Å²) in [6, 6.07) is 2.20. The Balaban J connectivity index is 2.22. The molecule has 0 nitrogen and oxygen atoms in total. The van der Waals surface area contributed by atoms with Gasteiger partial charge in [0.05, 0.1) is 0 Å². The zero-order valence-corrected chi connectivity index (χ0v) is 11.7. The van der Waals surface area contributed by atoms with Gasteiger partial charge in [0, 0.05) is 9.65 Å². The lowest BCUT2D eigenvalue weighted by Crippen LogP contribution is -2.04. The van der Waals surface area contributed by atoms with E-state index in [1.165, 1.54) is 18.4 Å². The van der Waals surface area contributed by atoms with Gasteiger partial charge in [-0.3, -0.25) is 0 Å². The molecule has 0 aromatic carbocycles. The van der Waals surface area contributed by atoms with Crippen LogP contribution in [0.4, 0.5) is 0 Å². The van der Waals surface area contributed by atoms with Crippen molar-refractivity contribution in [2.75, 3.05) is 0 Å². The van der Waals surface area contributed by atoms with Crippen molar-refractivity contribution in [3.8, 4) is 0 Å². The topological polar surface area (TPSA) is 0 Å². The molecule has 0 saturated carbocycles. The van der Waals surface area contributed by atoms with E-state index in [1.54, 1.807) is 11.3 Å². The minimum atomic E-state index is 0.627. The van der Waals surface area contributed by atoms with Crippen molar-refractivity contribution < 1.29 is 0 Å². The second-order valence-corrected chi connectivity index (χ2v) is 6.93. The third-order valence-corrected chi connectivity index (χ3v) is 3.89. The highest BCUT2D eigenvalue weighted by molar-refractivity contribution is 9.09. The van der Waals surface area contributed by atoms with Crippen LogP contribution in [0.5, 0.6) is 0 Å². The molecule has 3 heteroatoms. The molecule has 0 fully saturated rings. The maximum Gasteiger partial charge on any atom is 0.0186 e. The molecule has 0 amide bonds. The number of rotatable bonds is 5. The van der Waals surface area contributed by atoms with Gasteiger partial charge in [-0.05, 0) is 41.7 Å². The maximum atomic E-state index is 3.71. The molecule has 1 heterocycles. The highest BCUT2D eigenvalue weighted by Gasteiger charge is 2.07. The molecule has 1 aromatic rings. The van der Waals surface area contributed by atoms with Crippen molar-refractivity contribution in [2.24, 2.45) is 0 Å². The summed E-state index contributed by atoms with van der Waals surface area (Å²) in [5, 5.41) is 4.37. The third-order valence-electron chi connectivity index (χ3n) is 1.91. The Hall–Kier alpha value is 0.660. The molecule has 0 aliphatic carbocycles. The molecule has 0 aliphatic heterocycles. The molecule has 0 aliphatic rings. The van der Waals surface area contributed by atoms with Crippen LogP contribution < -0.4 is 0 Å². The van der Waals surface area contributed by atoms with Crippen molar-refractivity contribution in [3.63, 3.8) is 0 Å². The van der Waals surface area contributed by atoms with Gasteiger partial charge in [0.15, 0.2) is 0 Å². The van der Waals surface area contributed by atoms with Crippen LogP contribution in [0, 0.1) is 0 Å². The Labute approximate surface area is 101 Å². The fraction of sp³-hybridized carbons (Fsp3) is 0.600. The van der Waals surface area contributed by atoms with Crippen LogP contribution in [0.2, 0.25) is 0 Å². The van der Waals surface area contributed by atoms with Gasteiger partial charge >= 0.3 is 0 Å². The summed E-state index contributed by atoms with van der Waals surface area (Å²) in [6.45, 7) is 2.20. The summed E-state index contributed by atoms with van der Waals surface area (Å²) >= 11 is 9.05. The van der Waals surface area contributed by atoms with E-state index in [-0.39, 0.29) is 0 Å². The van der Waals surface area contributed by atoms with Crippen molar-refractivity contribution >= 4 is 43.2 Å². The Morgan fingerprint density at radius 1 is 1.38 bits per heavy atom. The first kappa shape index (κ1) is 11.7. The van der Waals surface area contributed by atoms with Gasteiger partial charge in [-0.15, -0.1) is 0 Å². The summed E-state index contributed by atoms with van der Waals surface area (Å²) in [7, 11) is 0. The van der Waals surface area contributed by atoms with Crippen LogP contribution in [0.15, 0.2) is 16.8 Å². The van der Waals surface area contributed by atoms with Gasteiger partial charge < -0.3 is 0 Å². The van der Waals surface area contributed by atoms with Crippen molar-refractivity contribution in [3.05, 3.63) is 22.4 Å². The van der Waals surface area contributed by atoms with Crippen LogP contribution in [0.25, 0.3) is 0 Å². The molecular formula is C10H14Br2S. The van der Waals surface area contributed by atoms with E-state index in [4.69, 9.17) is 0 Å². The van der Waals surface area contributed by atoms with Gasteiger partial charge in [0.25, 0.3) is 0 Å². The number of thiophene rings is 1. The van der Waals surface area contributed by atoms with E-state index in [0.29, 0.717) is 9.65 Å². The van der Waals surface area contributed by atoms with Gasteiger partial charge in [-0.25, -0.2) is 0 Å². The van der Waals surface area contributed by atoms with Crippen LogP contribution in [0.3, 0.4) is 0 Å². The Kier molecular flexibility index (Phi) is 5.60. The zero-order chi connectivity index (χ0) is 9.68. The highest BCUT2D eigenvalue weighted by Crippen LogP contribution is 2.19. The third kappa shape index (κ3) is 5.18. The van der Waals surface area contributed by atoms with E-state index in [9.17, 15) is 0 Å². The van der Waals surface area contributed by atoms with Crippen LogP contribution >= 0.6 is 43.2 Å². The van der Waals surface area contributed by atoms with Crippen LogP contribution in [-0.4, -0.2) is 9.65 Å². The first-order valence-corrected chi connectivity index (χ1v) is 7.25. The largest absolute Gasteiger partial charge is 0.152 e. The molecule has 2 atom stereocenters. The first-order chi connectivity index (χ1) is 6.18. The molecule has 0 bridgehead atoms. The molecular weight excluding hydrogens is 312 g/mol. The number of halogens is 2. The van der Waals surface area contributed by atoms with Crippen LogP contribution in [0.1, 0.15) is 25.3 Å². The van der Waals surface area contributed by atoms with Crippen LogP contribution in [-0.2, 0) is 6.42 Å². The Morgan fingerprint density at radius 3 is 2.69 bits per heavy atom. The lowest BCUT2D eigenvalue weighted by Gasteiger charge is -2.09. The number of hydrogen-bond acceptors (Lipinski definition) is 1. The molecule has 13 heavy (non-hydrogen) atoms. The Bertz CT molecular complexity index is 219. The molecule has 0 N–H and O–H groups in total. The zero-order valence-electron chi connectivity index (χ0n) is 7.67. The molecule has 2 unspecified atom stereocenters. The number of hydrogen-bond donors (Lipinski definition) is 0. The minimum absolute atomic E-state index is 0.627. The molecule has 74 valence electrons. The minimum Gasteiger partial charge on any atom is -0.152 e. The highest BCUT2D eigenvalue weighted by atomic mass is 79.9. The van der Waals surface area contributed by atoms with Gasteiger partial charge in [0.2, 0.25) is 0 Å². The molecule has 0 saturated heterocycles. The molecule has 1 aromatic heterocycles. The standard InChI is InChI=1S/C10H14Br2S/c1-8(11)2-3-10(12)6-9-4-5-13-7-9/h4-5,7-8,10H,2-3,6H2,1H3. The molecule has 0 radical (unpaired) electrons. The smallest absolute Gasteiger partial charge is 0.0186 e. The lowest BCUT2D eigenvalue weighted by molar-refractivity contribution is 0.703. The Morgan fingerprint density at radius 2 is 2.15 bits per heavy atom. The number of alkyl halides is 2. The average molecular weight is 326 g/mol. The predicted octanol–water partition coefficient (Wildman–Crippen LogP) is 4.62. The fourth-order valence-electron chi connectivity index (χ4n) is 1.18.